The van der Waals surface area contributed by atoms with Crippen LogP contribution in [0.25, 0.3) is 0 Å². The van der Waals surface area contributed by atoms with Gasteiger partial charge < -0.3 is 4.74 Å². The van der Waals surface area contributed by atoms with Crippen LogP contribution < -0.4 is 5.48 Å². The Morgan fingerprint density at radius 3 is 2.65 bits per heavy atom. The fourth-order valence-electron chi connectivity index (χ4n) is 3.46. The zero-order valence-electron chi connectivity index (χ0n) is 16.6. The number of piperidine rings is 1. The number of carbonyl (C=O) groups is 1. The largest absolute Gasteiger partial charge is 0.373 e. The van der Waals surface area contributed by atoms with Gasteiger partial charge in [0.05, 0.1) is 19.1 Å². The topological polar surface area (TPSA) is 109 Å². The van der Waals surface area contributed by atoms with Crippen LogP contribution in [-0.2, 0) is 26.2 Å². The summed E-state index contributed by atoms with van der Waals surface area (Å²) in [6.07, 6.45) is 3.44. The summed E-state index contributed by atoms with van der Waals surface area (Å²) >= 11 is 12.1. The number of hydrogen-bond acceptors (Lipinski definition) is 6. The molecule has 1 aromatic carbocycles. The van der Waals surface area contributed by atoms with E-state index in [1.807, 2.05) is 0 Å². The van der Waals surface area contributed by atoms with E-state index in [2.05, 4.69) is 4.98 Å². The minimum atomic E-state index is -3.85. The number of rotatable bonds is 8. The molecular formula is C20H23Cl2N3O5S. The smallest absolute Gasteiger partial charge is 0.245 e. The molecule has 1 aliphatic rings. The number of hydrogen-bond donors (Lipinski definition) is 2. The van der Waals surface area contributed by atoms with Crippen molar-refractivity contribution in [1.29, 1.82) is 0 Å². The Bertz CT molecular complexity index is 999. The lowest BCUT2D eigenvalue weighted by Crippen LogP contribution is -2.43. The molecule has 168 valence electrons. The standard InChI is InChI=1S/C20H23Cl2N3O5S/c21-16-4-3-15(18(22)10-16)13-30-17-5-8-25(9-6-17)31(28,29)19(11-20(26)24-27)14-2-1-7-23-12-14/h1-4,7,10,12,17,19,27H,5-6,8-9,11,13H2,(H,24,26)/t19-/m1/s1. The second kappa shape index (κ2) is 10.7. The summed E-state index contributed by atoms with van der Waals surface area (Å²) in [5.41, 5.74) is 2.71. The van der Waals surface area contributed by atoms with Crippen molar-refractivity contribution in [1.82, 2.24) is 14.8 Å². The molecule has 0 spiro atoms. The number of aromatic nitrogens is 1. The average Bonchev–Trinajstić information content (AvgIpc) is 2.77. The van der Waals surface area contributed by atoms with E-state index in [0.29, 0.717) is 35.1 Å². The number of benzene rings is 1. The minimum Gasteiger partial charge on any atom is -0.373 e. The molecule has 3 rings (SSSR count). The van der Waals surface area contributed by atoms with Crippen molar-refractivity contribution in [3.8, 4) is 0 Å². The molecule has 2 N–H and O–H groups in total. The second-order valence-corrected chi connectivity index (χ2v) is 10.2. The number of amides is 1. The van der Waals surface area contributed by atoms with Gasteiger partial charge in [0.15, 0.2) is 0 Å². The van der Waals surface area contributed by atoms with Gasteiger partial charge in [0.2, 0.25) is 15.9 Å². The molecule has 2 aromatic rings. The molecule has 1 atom stereocenters. The zero-order valence-corrected chi connectivity index (χ0v) is 18.9. The number of sulfonamides is 1. The first-order valence-electron chi connectivity index (χ1n) is 9.68. The molecule has 1 aromatic heterocycles. The first kappa shape index (κ1) is 23.9. The van der Waals surface area contributed by atoms with Gasteiger partial charge in [0.1, 0.15) is 5.25 Å². The van der Waals surface area contributed by atoms with Crippen LogP contribution in [0.2, 0.25) is 10.0 Å². The zero-order chi connectivity index (χ0) is 22.4. The lowest BCUT2D eigenvalue weighted by atomic mass is 10.1. The van der Waals surface area contributed by atoms with E-state index < -0.39 is 27.6 Å². The van der Waals surface area contributed by atoms with Crippen LogP contribution in [0.1, 0.15) is 35.6 Å². The van der Waals surface area contributed by atoms with E-state index in [-0.39, 0.29) is 19.2 Å². The summed E-state index contributed by atoms with van der Waals surface area (Å²) in [6.45, 7) is 0.833. The van der Waals surface area contributed by atoms with E-state index in [1.54, 1.807) is 30.3 Å². The highest BCUT2D eigenvalue weighted by atomic mass is 35.5. The highest BCUT2D eigenvalue weighted by molar-refractivity contribution is 7.89. The molecule has 1 saturated heterocycles. The van der Waals surface area contributed by atoms with Gasteiger partial charge in [-0.15, -0.1) is 0 Å². The Balaban J connectivity index is 1.64. The number of hydroxylamine groups is 1. The Morgan fingerprint density at radius 2 is 2.03 bits per heavy atom. The van der Waals surface area contributed by atoms with Gasteiger partial charge >= 0.3 is 0 Å². The number of nitrogens with zero attached hydrogens (tertiary/aromatic N) is 2. The van der Waals surface area contributed by atoms with E-state index in [1.165, 1.54) is 22.2 Å². The van der Waals surface area contributed by atoms with Crippen LogP contribution in [0.5, 0.6) is 0 Å². The van der Waals surface area contributed by atoms with Gasteiger partial charge in [0, 0.05) is 35.5 Å². The molecule has 0 unspecified atom stereocenters. The normalized spacial score (nSPS) is 16.7. The van der Waals surface area contributed by atoms with Gasteiger partial charge in [0.25, 0.3) is 0 Å². The van der Waals surface area contributed by atoms with Gasteiger partial charge in [-0.05, 0) is 42.2 Å². The van der Waals surface area contributed by atoms with Crippen LogP contribution >= 0.6 is 23.2 Å². The van der Waals surface area contributed by atoms with Gasteiger partial charge in [-0.3, -0.25) is 15.0 Å². The summed E-state index contributed by atoms with van der Waals surface area (Å²) in [4.78, 5) is 15.7. The fraction of sp³-hybridized carbons (Fsp3) is 0.400. The number of nitrogens with one attached hydrogen (secondary N) is 1. The van der Waals surface area contributed by atoms with Crippen LogP contribution in [0.3, 0.4) is 0 Å². The summed E-state index contributed by atoms with van der Waals surface area (Å²) in [6, 6.07) is 8.40. The van der Waals surface area contributed by atoms with Crippen molar-refractivity contribution in [3.05, 3.63) is 63.9 Å². The Hall–Kier alpha value is -1.75. The third-order valence-electron chi connectivity index (χ3n) is 5.16. The third kappa shape index (κ3) is 6.15. The number of pyridine rings is 1. The van der Waals surface area contributed by atoms with E-state index in [4.69, 9.17) is 33.1 Å². The highest BCUT2D eigenvalue weighted by Crippen LogP contribution is 2.31. The van der Waals surface area contributed by atoms with Crippen LogP contribution in [0, 0.1) is 0 Å². The summed E-state index contributed by atoms with van der Waals surface area (Å²) < 4.78 is 33.8. The summed E-state index contributed by atoms with van der Waals surface area (Å²) in [7, 11) is -3.85. The summed E-state index contributed by atoms with van der Waals surface area (Å²) in [5.74, 6) is -0.782. The molecule has 31 heavy (non-hydrogen) atoms. The molecule has 1 fully saturated rings. The Kier molecular flexibility index (Phi) is 8.26. The molecule has 0 bridgehead atoms. The average molecular weight is 488 g/mol. The molecular weight excluding hydrogens is 465 g/mol. The Morgan fingerprint density at radius 1 is 1.29 bits per heavy atom. The van der Waals surface area contributed by atoms with Crippen LogP contribution in [-0.4, -0.2) is 48.0 Å². The van der Waals surface area contributed by atoms with Gasteiger partial charge in [-0.25, -0.2) is 18.2 Å². The predicted octanol–water partition coefficient (Wildman–Crippen LogP) is 3.34. The monoisotopic (exact) mass is 487 g/mol. The minimum absolute atomic E-state index is 0.115. The van der Waals surface area contributed by atoms with E-state index >= 15 is 0 Å². The van der Waals surface area contributed by atoms with E-state index in [9.17, 15) is 13.2 Å². The van der Waals surface area contributed by atoms with Crippen LogP contribution in [0.15, 0.2) is 42.7 Å². The van der Waals surface area contributed by atoms with E-state index in [0.717, 1.165) is 5.56 Å². The van der Waals surface area contributed by atoms with Crippen molar-refractivity contribution in [3.63, 3.8) is 0 Å². The molecule has 8 nitrogen and oxygen atoms in total. The number of halogens is 2. The highest BCUT2D eigenvalue weighted by Gasteiger charge is 2.37. The number of ether oxygens (including phenoxy) is 1. The quantitative estimate of drug-likeness (QED) is 0.436. The summed E-state index contributed by atoms with van der Waals surface area (Å²) in [5, 5.41) is 8.80. The first-order chi connectivity index (χ1) is 14.8. The predicted molar refractivity (Wildman–Crippen MR) is 116 cm³/mol. The molecule has 11 heteroatoms. The lowest BCUT2D eigenvalue weighted by molar-refractivity contribution is -0.129. The molecule has 2 heterocycles. The van der Waals surface area contributed by atoms with Gasteiger partial charge in [-0.2, -0.15) is 0 Å². The number of carbonyl (C=O) groups excluding carboxylic acids is 1. The molecule has 0 radical (unpaired) electrons. The van der Waals surface area contributed by atoms with Crippen molar-refractivity contribution in [2.45, 2.75) is 37.2 Å². The van der Waals surface area contributed by atoms with Crippen molar-refractivity contribution >= 4 is 39.1 Å². The molecule has 1 amide bonds. The second-order valence-electron chi connectivity index (χ2n) is 7.20. The van der Waals surface area contributed by atoms with Crippen molar-refractivity contribution in [2.24, 2.45) is 0 Å². The van der Waals surface area contributed by atoms with Gasteiger partial charge in [-0.1, -0.05) is 35.3 Å². The first-order valence-corrected chi connectivity index (χ1v) is 11.9. The molecule has 1 aliphatic heterocycles. The maximum atomic E-state index is 13.3. The van der Waals surface area contributed by atoms with Crippen LogP contribution in [0.4, 0.5) is 0 Å². The maximum Gasteiger partial charge on any atom is 0.245 e. The molecule has 0 aliphatic carbocycles. The SMILES string of the molecule is O=C(C[C@H](c1cccnc1)S(=O)(=O)N1CCC(OCc2ccc(Cl)cc2Cl)CC1)NO. The fourth-order valence-corrected chi connectivity index (χ4v) is 5.84. The van der Waals surface area contributed by atoms with Crippen molar-refractivity contribution in [2.75, 3.05) is 13.1 Å². The molecule has 0 saturated carbocycles. The van der Waals surface area contributed by atoms with Crippen molar-refractivity contribution < 1.29 is 23.2 Å². The third-order valence-corrected chi connectivity index (χ3v) is 7.99. The maximum absolute atomic E-state index is 13.3. The lowest BCUT2D eigenvalue weighted by Gasteiger charge is -2.33. The Labute approximate surface area is 191 Å².